The van der Waals surface area contributed by atoms with Gasteiger partial charge in [0, 0.05) is 27.4 Å². The predicted molar refractivity (Wildman–Crippen MR) is 87.8 cm³/mol. The lowest BCUT2D eigenvalue weighted by molar-refractivity contribution is -0.114. The van der Waals surface area contributed by atoms with Gasteiger partial charge in [0.15, 0.2) is 5.78 Å². The minimum atomic E-state index is -0.370. The van der Waals surface area contributed by atoms with E-state index in [1.165, 1.54) is 0 Å². The topological polar surface area (TPSA) is 77.8 Å². The Balaban J connectivity index is 2.24. The third-order valence-corrected chi connectivity index (χ3v) is 4.54. The standard InChI is InChI=1S/C16H16BrN3O2/c1-8-13(12(21)7-18-8)15(10-3-5-11(17)6-4-10)14-9(2)19-20-16(14)22/h3-6,15,18H,7H2,1-2H3,(H2,19,20,22). The summed E-state index contributed by atoms with van der Waals surface area (Å²) in [7, 11) is 0. The van der Waals surface area contributed by atoms with E-state index < -0.39 is 0 Å². The van der Waals surface area contributed by atoms with Crippen LogP contribution in [0.3, 0.4) is 0 Å². The minimum Gasteiger partial charge on any atom is -0.381 e. The van der Waals surface area contributed by atoms with Crippen molar-refractivity contribution in [2.75, 3.05) is 6.54 Å². The molecule has 22 heavy (non-hydrogen) atoms. The molecule has 1 unspecified atom stereocenters. The van der Waals surface area contributed by atoms with Crippen molar-refractivity contribution in [1.82, 2.24) is 15.5 Å². The molecule has 1 aromatic carbocycles. The van der Waals surface area contributed by atoms with Crippen molar-refractivity contribution in [1.29, 1.82) is 0 Å². The third kappa shape index (κ3) is 2.43. The summed E-state index contributed by atoms with van der Waals surface area (Å²) in [6.45, 7) is 4.00. The van der Waals surface area contributed by atoms with Gasteiger partial charge in [-0.3, -0.25) is 14.7 Å². The zero-order valence-electron chi connectivity index (χ0n) is 12.3. The third-order valence-electron chi connectivity index (χ3n) is 4.01. The van der Waals surface area contributed by atoms with Crippen LogP contribution < -0.4 is 10.9 Å². The summed E-state index contributed by atoms with van der Waals surface area (Å²) in [5, 5.41) is 8.54. The van der Waals surface area contributed by atoms with E-state index >= 15 is 0 Å². The monoisotopic (exact) mass is 361 g/mol. The number of aryl methyl sites for hydroxylation is 1. The number of rotatable bonds is 3. The molecule has 1 aliphatic rings. The van der Waals surface area contributed by atoms with Crippen molar-refractivity contribution < 1.29 is 4.79 Å². The van der Waals surface area contributed by atoms with Crippen molar-refractivity contribution >= 4 is 21.7 Å². The summed E-state index contributed by atoms with van der Waals surface area (Å²) in [4.78, 5) is 24.6. The minimum absolute atomic E-state index is 0.0328. The van der Waals surface area contributed by atoms with Crippen molar-refractivity contribution in [2.45, 2.75) is 19.8 Å². The molecular formula is C16H16BrN3O2. The van der Waals surface area contributed by atoms with E-state index in [0.29, 0.717) is 11.1 Å². The first-order valence-electron chi connectivity index (χ1n) is 6.99. The summed E-state index contributed by atoms with van der Waals surface area (Å²) in [5.74, 6) is -0.337. The van der Waals surface area contributed by atoms with Crippen LogP contribution in [0.4, 0.5) is 0 Å². The second kappa shape index (κ2) is 5.61. The Morgan fingerprint density at radius 3 is 2.27 bits per heavy atom. The number of benzene rings is 1. The van der Waals surface area contributed by atoms with Gasteiger partial charge in [-0.1, -0.05) is 28.1 Å². The van der Waals surface area contributed by atoms with Crippen molar-refractivity contribution in [2.24, 2.45) is 0 Å². The zero-order chi connectivity index (χ0) is 15.9. The van der Waals surface area contributed by atoms with Gasteiger partial charge in [0.1, 0.15) is 0 Å². The van der Waals surface area contributed by atoms with Gasteiger partial charge in [0.05, 0.1) is 12.1 Å². The highest BCUT2D eigenvalue weighted by Crippen LogP contribution is 2.35. The molecule has 5 nitrogen and oxygen atoms in total. The molecule has 0 bridgehead atoms. The summed E-state index contributed by atoms with van der Waals surface area (Å²) >= 11 is 3.41. The summed E-state index contributed by atoms with van der Waals surface area (Å²) in [6.07, 6.45) is 0. The van der Waals surface area contributed by atoms with E-state index in [2.05, 4.69) is 31.4 Å². The maximum Gasteiger partial charge on any atom is 0.268 e. The summed E-state index contributed by atoms with van der Waals surface area (Å²) in [6, 6.07) is 7.71. The zero-order valence-corrected chi connectivity index (χ0v) is 13.9. The molecule has 1 aromatic heterocycles. The van der Waals surface area contributed by atoms with Crippen LogP contribution in [0.5, 0.6) is 0 Å². The number of ketones is 1. The van der Waals surface area contributed by atoms with Crippen molar-refractivity contribution in [3.8, 4) is 0 Å². The summed E-state index contributed by atoms with van der Waals surface area (Å²) < 4.78 is 0.955. The number of carbonyl (C=O) groups is 1. The number of aromatic amines is 2. The van der Waals surface area contributed by atoms with Crippen LogP contribution in [0.1, 0.15) is 29.7 Å². The van der Waals surface area contributed by atoms with Crippen LogP contribution in [0.25, 0.3) is 0 Å². The van der Waals surface area contributed by atoms with Crippen molar-refractivity contribution in [3.63, 3.8) is 0 Å². The van der Waals surface area contributed by atoms with E-state index in [1.54, 1.807) is 0 Å². The van der Waals surface area contributed by atoms with Crippen LogP contribution in [-0.2, 0) is 4.79 Å². The summed E-state index contributed by atoms with van der Waals surface area (Å²) in [5.41, 5.74) is 3.56. The number of halogens is 1. The van der Waals surface area contributed by atoms with Gasteiger partial charge in [0.25, 0.3) is 5.56 Å². The number of Topliss-reactive ketones (excluding diaryl/α,β-unsaturated/α-hetero) is 1. The number of nitrogens with one attached hydrogen (secondary N) is 3. The molecule has 0 aliphatic carbocycles. The highest BCUT2D eigenvalue weighted by Gasteiger charge is 2.33. The fourth-order valence-corrected chi connectivity index (χ4v) is 3.19. The molecule has 2 aromatic rings. The molecule has 2 heterocycles. The largest absolute Gasteiger partial charge is 0.381 e. The average molecular weight is 362 g/mol. The molecule has 0 saturated heterocycles. The first kappa shape index (κ1) is 14.8. The Hall–Kier alpha value is -2.08. The number of hydrogen-bond acceptors (Lipinski definition) is 3. The van der Waals surface area contributed by atoms with Crippen LogP contribution >= 0.6 is 15.9 Å². The Bertz CT molecular complexity index is 815. The molecule has 0 spiro atoms. The van der Waals surface area contributed by atoms with E-state index in [-0.39, 0.29) is 23.8 Å². The Kier molecular flexibility index (Phi) is 3.78. The molecule has 0 fully saturated rings. The van der Waals surface area contributed by atoms with Gasteiger partial charge in [-0.2, -0.15) is 0 Å². The maximum atomic E-state index is 12.3. The first-order chi connectivity index (χ1) is 10.5. The molecule has 1 atom stereocenters. The van der Waals surface area contributed by atoms with Crippen LogP contribution in [0.2, 0.25) is 0 Å². The lowest BCUT2D eigenvalue weighted by Gasteiger charge is -2.18. The van der Waals surface area contributed by atoms with Gasteiger partial charge in [-0.25, -0.2) is 0 Å². The number of hydrogen-bond donors (Lipinski definition) is 3. The van der Waals surface area contributed by atoms with Crippen LogP contribution in [-0.4, -0.2) is 22.5 Å². The molecule has 114 valence electrons. The number of H-pyrrole nitrogens is 2. The quantitative estimate of drug-likeness (QED) is 0.785. The highest BCUT2D eigenvalue weighted by molar-refractivity contribution is 9.10. The average Bonchev–Trinajstić information content (AvgIpc) is 2.99. The maximum absolute atomic E-state index is 12.3. The number of allylic oxidation sites excluding steroid dienone is 1. The lowest BCUT2D eigenvalue weighted by Crippen LogP contribution is -2.19. The van der Waals surface area contributed by atoms with E-state index in [1.807, 2.05) is 38.1 Å². The van der Waals surface area contributed by atoms with Gasteiger partial charge in [-0.15, -0.1) is 0 Å². The highest BCUT2D eigenvalue weighted by atomic mass is 79.9. The first-order valence-corrected chi connectivity index (χ1v) is 7.78. The lowest BCUT2D eigenvalue weighted by atomic mass is 9.83. The fraction of sp³-hybridized carbons (Fsp3) is 0.250. The molecule has 3 N–H and O–H groups in total. The second-order valence-corrected chi connectivity index (χ2v) is 6.33. The van der Waals surface area contributed by atoms with E-state index in [9.17, 15) is 9.59 Å². The number of carbonyl (C=O) groups excluding carboxylic acids is 1. The fourth-order valence-electron chi connectivity index (χ4n) is 2.93. The Morgan fingerprint density at radius 2 is 1.77 bits per heavy atom. The SMILES string of the molecule is CC1=C(C(c2ccc(Br)cc2)c2c(C)[nH][nH]c2=O)C(=O)CN1. The molecule has 6 heteroatoms. The molecular weight excluding hydrogens is 346 g/mol. The predicted octanol–water partition coefficient (Wildman–Crippen LogP) is 2.35. The molecule has 0 saturated carbocycles. The van der Waals surface area contributed by atoms with Gasteiger partial charge in [0.2, 0.25) is 0 Å². The van der Waals surface area contributed by atoms with Gasteiger partial charge in [-0.05, 0) is 31.5 Å². The Morgan fingerprint density at radius 1 is 1.09 bits per heavy atom. The molecule has 0 radical (unpaired) electrons. The number of aromatic nitrogens is 2. The van der Waals surface area contributed by atoms with Crippen molar-refractivity contribution in [3.05, 3.63) is 67.2 Å². The molecule has 0 amide bonds. The van der Waals surface area contributed by atoms with Gasteiger partial charge < -0.3 is 10.4 Å². The van der Waals surface area contributed by atoms with Gasteiger partial charge >= 0.3 is 0 Å². The molecule has 1 aliphatic heterocycles. The van der Waals surface area contributed by atoms with Crippen LogP contribution in [0, 0.1) is 6.92 Å². The van der Waals surface area contributed by atoms with E-state index in [0.717, 1.165) is 21.4 Å². The van der Waals surface area contributed by atoms with Crippen LogP contribution in [0.15, 0.2) is 44.8 Å². The normalized spacial score (nSPS) is 16.0. The second-order valence-electron chi connectivity index (χ2n) is 5.42. The smallest absolute Gasteiger partial charge is 0.268 e. The molecule has 3 rings (SSSR count). The van der Waals surface area contributed by atoms with E-state index in [4.69, 9.17) is 0 Å². The Labute approximate surface area is 135 Å².